The number of fused-ring (bicyclic) bond motifs is 7. The van der Waals surface area contributed by atoms with Gasteiger partial charge < -0.3 is 14.0 Å². The van der Waals surface area contributed by atoms with Crippen molar-refractivity contribution >= 4 is 71.4 Å². The molecule has 0 bridgehead atoms. The Balaban J connectivity index is 0.893. The number of nitrogens with zero attached hydrogens (tertiary/aromatic N) is 3. The van der Waals surface area contributed by atoms with E-state index in [2.05, 4.69) is 275 Å². The van der Waals surface area contributed by atoms with Crippen LogP contribution in [0.1, 0.15) is 0 Å². The topological polar surface area (TPSA) is 13.1 Å². The molecule has 11 aromatic carbocycles. The summed E-state index contributed by atoms with van der Waals surface area (Å²) in [5.41, 5.74) is 17.5. The molecule has 2 heterocycles. The fourth-order valence-corrected chi connectivity index (χ4v) is 10.3. The Morgan fingerprint density at radius 2 is 0.657 bits per heavy atom. The molecule has 3 nitrogen and oxygen atoms in total. The van der Waals surface area contributed by atoms with E-state index in [0.717, 1.165) is 28.4 Å². The quantitative estimate of drug-likeness (QED) is 0.148. The molecular formula is C64H43N3. The molecule has 0 atom stereocenters. The summed E-state index contributed by atoms with van der Waals surface area (Å²) in [6, 6.07) is 94.8. The van der Waals surface area contributed by atoms with E-state index in [9.17, 15) is 0 Å². The van der Waals surface area contributed by atoms with Crippen molar-refractivity contribution in [2.24, 2.45) is 0 Å². The summed E-state index contributed by atoms with van der Waals surface area (Å²) in [5.74, 6) is 0. The van der Waals surface area contributed by atoms with E-state index in [-0.39, 0.29) is 0 Å². The van der Waals surface area contributed by atoms with Crippen LogP contribution in [0.5, 0.6) is 0 Å². The van der Waals surface area contributed by atoms with Gasteiger partial charge in [0.05, 0.1) is 22.1 Å². The molecule has 67 heavy (non-hydrogen) atoms. The molecular weight excluding hydrogens is 811 g/mol. The lowest BCUT2D eigenvalue weighted by Gasteiger charge is -2.26. The van der Waals surface area contributed by atoms with Gasteiger partial charge in [0.25, 0.3) is 0 Å². The maximum atomic E-state index is 2.39. The van der Waals surface area contributed by atoms with E-state index in [1.165, 1.54) is 87.8 Å². The summed E-state index contributed by atoms with van der Waals surface area (Å²) < 4.78 is 4.76. The van der Waals surface area contributed by atoms with Gasteiger partial charge in [-0.15, -0.1) is 0 Å². The summed E-state index contributed by atoms with van der Waals surface area (Å²) in [6.45, 7) is 0. The Bertz CT molecular complexity index is 3930. The summed E-state index contributed by atoms with van der Waals surface area (Å²) in [4.78, 5) is 2.37. The SMILES string of the molecule is c1ccc(-n2c3ccccc3c3cc(-c4ccc(N(c5ccc(-c6ccc7c8ccccc8n(-c8ccccc8)c7c6)cc5)c5ccc(-c6cccc7ccccc67)cc5)cc4)ccc32)cc1. The van der Waals surface area contributed by atoms with Crippen LogP contribution in [0.25, 0.3) is 99.1 Å². The lowest BCUT2D eigenvalue weighted by molar-refractivity contribution is 1.18. The van der Waals surface area contributed by atoms with Crippen LogP contribution in [0.15, 0.2) is 261 Å². The molecule has 0 aliphatic carbocycles. The minimum Gasteiger partial charge on any atom is -0.311 e. The van der Waals surface area contributed by atoms with Crippen molar-refractivity contribution in [2.45, 2.75) is 0 Å². The molecule has 0 radical (unpaired) electrons. The average Bonchev–Trinajstić information content (AvgIpc) is 3.92. The van der Waals surface area contributed by atoms with Crippen LogP contribution in [-0.2, 0) is 0 Å². The third-order valence-electron chi connectivity index (χ3n) is 13.5. The smallest absolute Gasteiger partial charge is 0.0547 e. The second-order valence-corrected chi connectivity index (χ2v) is 17.3. The number of benzene rings is 11. The molecule has 0 N–H and O–H groups in total. The predicted octanol–water partition coefficient (Wildman–Crippen LogP) is 17.5. The number of rotatable bonds is 8. The van der Waals surface area contributed by atoms with Gasteiger partial charge in [0, 0.05) is 50.0 Å². The largest absolute Gasteiger partial charge is 0.311 e. The molecule has 13 rings (SSSR count). The van der Waals surface area contributed by atoms with Crippen molar-refractivity contribution in [3.63, 3.8) is 0 Å². The molecule has 0 unspecified atom stereocenters. The van der Waals surface area contributed by atoms with Crippen LogP contribution < -0.4 is 4.90 Å². The number of hydrogen-bond acceptors (Lipinski definition) is 1. The molecule has 0 spiro atoms. The van der Waals surface area contributed by atoms with Crippen molar-refractivity contribution in [3.05, 3.63) is 261 Å². The van der Waals surface area contributed by atoms with Crippen LogP contribution in [0, 0.1) is 0 Å². The van der Waals surface area contributed by atoms with E-state index in [1.54, 1.807) is 0 Å². The summed E-state index contributed by atoms with van der Waals surface area (Å²) >= 11 is 0. The van der Waals surface area contributed by atoms with Crippen LogP contribution in [0.3, 0.4) is 0 Å². The molecule has 0 aliphatic heterocycles. The van der Waals surface area contributed by atoms with Gasteiger partial charge in [0.2, 0.25) is 0 Å². The fraction of sp³-hybridized carbons (Fsp3) is 0. The molecule has 3 heteroatoms. The van der Waals surface area contributed by atoms with Gasteiger partial charge in [-0.05, 0) is 135 Å². The minimum absolute atomic E-state index is 1.09. The standard InChI is InChI=1S/C64H43N3/c1-3-16-50(17-4-1)66-62-25-12-10-22-58(62)60-42-48(33-41-63(60)66)44-26-34-52(35-27-44)65(54-38-30-47(31-39-54)56-23-13-15-46-14-7-8-20-55(46)56)53-36-28-45(29-37-53)49-32-40-59-57-21-9-11-24-61(57)67(64(59)43-49)51-18-5-2-6-19-51/h1-43H. The maximum Gasteiger partial charge on any atom is 0.0547 e. The Morgan fingerprint density at radius 1 is 0.239 bits per heavy atom. The van der Waals surface area contributed by atoms with Crippen molar-refractivity contribution in [2.75, 3.05) is 4.90 Å². The Kier molecular flexibility index (Phi) is 9.17. The number of para-hydroxylation sites is 4. The van der Waals surface area contributed by atoms with Gasteiger partial charge in [-0.1, -0.05) is 170 Å². The average molecular weight is 854 g/mol. The zero-order valence-corrected chi connectivity index (χ0v) is 36.7. The first-order chi connectivity index (χ1) is 33.2. The van der Waals surface area contributed by atoms with Gasteiger partial charge in [-0.2, -0.15) is 0 Å². The van der Waals surface area contributed by atoms with Gasteiger partial charge in [0.1, 0.15) is 0 Å². The third kappa shape index (κ3) is 6.59. The van der Waals surface area contributed by atoms with Crippen molar-refractivity contribution in [1.82, 2.24) is 9.13 Å². The molecule has 0 saturated carbocycles. The molecule has 2 aromatic heterocycles. The highest BCUT2D eigenvalue weighted by Gasteiger charge is 2.18. The lowest BCUT2D eigenvalue weighted by atomic mass is 9.98. The Hall–Kier alpha value is -8.92. The summed E-state index contributed by atoms with van der Waals surface area (Å²) in [6.07, 6.45) is 0. The number of hydrogen-bond donors (Lipinski definition) is 0. The second-order valence-electron chi connectivity index (χ2n) is 17.3. The normalized spacial score (nSPS) is 11.6. The molecule has 0 aliphatic rings. The third-order valence-corrected chi connectivity index (χ3v) is 13.5. The fourth-order valence-electron chi connectivity index (χ4n) is 10.3. The maximum absolute atomic E-state index is 2.39. The van der Waals surface area contributed by atoms with Gasteiger partial charge in [-0.3, -0.25) is 0 Å². The predicted molar refractivity (Wildman–Crippen MR) is 284 cm³/mol. The van der Waals surface area contributed by atoms with Crippen molar-refractivity contribution in [1.29, 1.82) is 0 Å². The zero-order chi connectivity index (χ0) is 44.3. The van der Waals surface area contributed by atoms with Gasteiger partial charge in [-0.25, -0.2) is 0 Å². The van der Waals surface area contributed by atoms with Gasteiger partial charge >= 0.3 is 0 Å². The molecule has 13 aromatic rings. The molecule has 0 amide bonds. The minimum atomic E-state index is 1.09. The molecule has 0 fully saturated rings. The first-order valence-electron chi connectivity index (χ1n) is 23.0. The second kappa shape index (κ2) is 16.0. The Morgan fingerprint density at radius 3 is 1.27 bits per heavy atom. The number of anilines is 3. The van der Waals surface area contributed by atoms with Crippen molar-refractivity contribution in [3.8, 4) is 44.8 Å². The van der Waals surface area contributed by atoms with Crippen LogP contribution in [0.2, 0.25) is 0 Å². The molecule has 314 valence electrons. The lowest BCUT2D eigenvalue weighted by Crippen LogP contribution is -2.09. The van der Waals surface area contributed by atoms with E-state index in [4.69, 9.17) is 0 Å². The van der Waals surface area contributed by atoms with Gasteiger partial charge in [0.15, 0.2) is 0 Å². The zero-order valence-electron chi connectivity index (χ0n) is 36.7. The van der Waals surface area contributed by atoms with Crippen LogP contribution in [0.4, 0.5) is 17.1 Å². The van der Waals surface area contributed by atoms with E-state index >= 15 is 0 Å². The monoisotopic (exact) mass is 853 g/mol. The van der Waals surface area contributed by atoms with E-state index in [0.29, 0.717) is 0 Å². The van der Waals surface area contributed by atoms with Crippen LogP contribution in [-0.4, -0.2) is 9.13 Å². The highest BCUT2D eigenvalue weighted by Crippen LogP contribution is 2.41. The summed E-state index contributed by atoms with van der Waals surface area (Å²) in [7, 11) is 0. The van der Waals surface area contributed by atoms with E-state index in [1.807, 2.05) is 0 Å². The van der Waals surface area contributed by atoms with Crippen LogP contribution >= 0.6 is 0 Å². The van der Waals surface area contributed by atoms with Crippen molar-refractivity contribution < 1.29 is 0 Å². The Labute approximate surface area is 389 Å². The molecule has 0 saturated heterocycles. The number of aromatic nitrogens is 2. The highest BCUT2D eigenvalue weighted by atomic mass is 15.1. The first-order valence-corrected chi connectivity index (χ1v) is 23.0. The first kappa shape index (κ1) is 38.5. The van der Waals surface area contributed by atoms with E-state index < -0.39 is 0 Å². The highest BCUT2D eigenvalue weighted by molar-refractivity contribution is 6.11. The summed E-state index contributed by atoms with van der Waals surface area (Å²) in [5, 5.41) is 7.50.